The van der Waals surface area contributed by atoms with E-state index in [1.54, 1.807) is 0 Å². The first-order valence-electron chi connectivity index (χ1n) is 4.63. The number of thioether (sulfide) groups is 1. The summed E-state index contributed by atoms with van der Waals surface area (Å²) in [6.07, 6.45) is 0. The maximum Gasteiger partial charge on any atom is 0.228 e. The smallest absolute Gasteiger partial charge is 0.220 e. The molecule has 0 saturated carbocycles. The van der Waals surface area contributed by atoms with Crippen molar-refractivity contribution in [3.63, 3.8) is 0 Å². The summed E-state index contributed by atoms with van der Waals surface area (Å²) in [4.78, 5) is 4.43. The summed E-state index contributed by atoms with van der Waals surface area (Å²) in [5.41, 5.74) is 0. The molecule has 0 saturated heterocycles. The van der Waals surface area contributed by atoms with Crippen molar-refractivity contribution in [2.75, 3.05) is 0 Å². The molecule has 1 aromatic heterocycles. The number of fused-ring (bicyclic) bond motifs is 1. The zero-order valence-corrected chi connectivity index (χ0v) is 10.8. The molecule has 1 aliphatic heterocycles. The molecular weight excluding hydrogens is 229 g/mol. The molecule has 0 spiro atoms. The largest absolute Gasteiger partial charge is 0.228 e. The fourth-order valence-electron chi connectivity index (χ4n) is 1.06. The van der Waals surface area contributed by atoms with Crippen molar-refractivity contribution in [2.45, 2.75) is 36.3 Å². The first-order chi connectivity index (χ1) is 6.98. The molecule has 7 heteroatoms. The van der Waals surface area contributed by atoms with Gasteiger partial charge in [-0.05, 0) is 6.92 Å². The van der Waals surface area contributed by atoms with E-state index in [2.05, 4.69) is 34.6 Å². The van der Waals surface area contributed by atoms with E-state index in [-0.39, 0.29) is 10.5 Å². The van der Waals surface area contributed by atoms with Crippen LogP contribution in [0.2, 0.25) is 0 Å². The minimum atomic E-state index is -0.336. The zero-order valence-electron chi connectivity index (χ0n) is 8.80. The van der Waals surface area contributed by atoms with Crippen LogP contribution >= 0.6 is 21.0 Å². The molecule has 5 nitrogen and oxygen atoms in total. The van der Waals surface area contributed by atoms with Crippen molar-refractivity contribution < 1.29 is 0 Å². The third-order valence-corrected chi connectivity index (χ3v) is 3.25. The van der Waals surface area contributed by atoms with Crippen LogP contribution in [0.4, 0.5) is 5.82 Å². The fraction of sp³-hybridized carbons (Fsp3) is 0.625. The molecule has 2 rings (SSSR count). The Labute approximate surface area is 94.8 Å². The Balaban J connectivity index is 2.42. The van der Waals surface area contributed by atoms with Crippen LogP contribution in [0.25, 0.3) is 0 Å². The molecule has 2 unspecified atom stereocenters. The van der Waals surface area contributed by atoms with Gasteiger partial charge in [0.2, 0.25) is 5.82 Å². The number of rotatable bonds is 1. The van der Waals surface area contributed by atoms with Gasteiger partial charge in [-0.2, -0.15) is 5.11 Å². The Hall–Kier alpha value is -0.610. The Bertz CT molecular complexity index is 417. The molecule has 0 aromatic carbocycles. The number of hydrogen-bond acceptors (Lipinski definition) is 6. The fourth-order valence-corrected chi connectivity index (χ4v) is 2.23. The normalized spacial score (nSPS) is 24.3. The van der Waals surface area contributed by atoms with Gasteiger partial charge in [0.1, 0.15) is 9.64 Å². The zero-order chi connectivity index (χ0) is 11.1. The molecule has 1 aliphatic rings. The van der Waals surface area contributed by atoms with Crippen LogP contribution in [0.1, 0.15) is 32.5 Å². The van der Waals surface area contributed by atoms with Gasteiger partial charge in [-0.3, -0.25) is 0 Å². The summed E-state index contributed by atoms with van der Waals surface area (Å²) in [5, 5.41) is 16.9. The average Bonchev–Trinajstić information content (AvgIpc) is 2.15. The molecule has 2 heterocycles. The molecule has 0 radical (unpaired) electrons. The van der Waals surface area contributed by atoms with Crippen LogP contribution in [-0.4, -0.2) is 19.8 Å². The third-order valence-electron chi connectivity index (χ3n) is 1.82. The van der Waals surface area contributed by atoms with Gasteiger partial charge >= 0.3 is 0 Å². The lowest BCUT2D eigenvalue weighted by Gasteiger charge is -2.20. The molecule has 80 valence electrons. The highest BCUT2D eigenvalue weighted by Gasteiger charge is 2.27. The van der Waals surface area contributed by atoms with E-state index in [1.807, 2.05) is 20.8 Å². The van der Waals surface area contributed by atoms with Crippen molar-refractivity contribution in [3.05, 3.63) is 5.82 Å². The van der Waals surface area contributed by atoms with Gasteiger partial charge in [0.05, 0.1) is 0 Å². The Morgan fingerprint density at radius 2 is 2.07 bits per heavy atom. The van der Waals surface area contributed by atoms with Crippen molar-refractivity contribution in [3.8, 4) is 0 Å². The Morgan fingerprint density at radius 3 is 2.73 bits per heavy atom. The van der Waals surface area contributed by atoms with Crippen molar-refractivity contribution >= 4 is 26.8 Å². The molecule has 0 amide bonds. The van der Waals surface area contributed by atoms with Gasteiger partial charge in [0.15, 0.2) is 5.82 Å². The molecular formula is C8H12N5PS. The number of hydrogen-bond donors (Lipinski definition) is 0. The molecule has 0 aliphatic carbocycles. The second-order valence-corrected chi connectivity index (χ2v) is 6.77. The first-order valence-corrected chi connectivity index (χ1v) is 6.03. The minimum absolute atomic E-state index is 0.276. The van der Waals surface area contributed by atoms with Gasteiger partial charge in [-0.1, -0.05) is 34.8 Å². The van der Waals surface area contributed by atoms with Crippen LogP contribution in [0, 0.1) is 0 Å². The van der Waals surface area contributed by atoms with E-state index in [4.69, 9.17) is 0 Å². The molecule has 2 atom stereocenters. The van der Waals surface area contributed by atoms with Gasteiger partial charge in [0.25, 0.3) is 0 Å². The summed E-state index contributed by atoms with van der Waals surface area (Å²) in [6.45, 7) is 6.04. The van der Waals surface area contributed by atoms with Gasteiger partial charge in [-0.25, -0.2) is 4.98 Å². The van der Waals surface area contributed by atoms with E-state index in [0.29, 0.717) is 5.82 Å². The Kier molecular flexibility index (Phi) is 2.73. The summed E-state index contributed by atoms with van der Waals surface area (Å²) >= 11 is 1.53. The van der Waals surface area contributed by atoms with Gasteiger partial charge in [0, 0.05) is 5.92 Å². The molecule has 0 bridgehead atoms. The lowest BCUT2D eigenvalue weighted by Crippen LogP contribution is -2.11. The number of azo groups is 1. The topological polar surface area (TPSA) is 63.4 Å². The number of aromatic nitrogens is 3. The SMILES string of the molecule is CC(C)c1nnc2c(n1)SC(C)(P)N=N2. The second kappa shape index (κ2) is 3.76. The third kappa shape index (κ3) is 2.32. The standard InChI is InChI=1S/C8H12N5PS/c1-4(2)5-9-7-6(11-10-5)12-13-8(3,14)15-7/h4H,14H2,1-3H3. The van der Waals surface area contributed by atoms with Crippen LogP contribution in [0.5, 0.6) is 0 Å². The summed E-state index contributed by atoms with van der Waals surface area (Å²) in [7, 11) is 2.64. The maximum absolute atomic E-state index is 4.43. The summed E-state index contributed by atoms with van der Waals surface area (Å²) in [5.74, 6) is 1.54. The van der Waals surface area contributed by atoms with Crippen molar-refractivity contribution in [2.24, 2.45) is 10.2 Å². The lowest BCUT2D eigenvalue weighted by atomic mass is 10.2. The van der Waals surface area contributed by atoms with E-state index in [0.717, 1.165) is 10.9 Å². The lowest BCUT2D eigenvalue weighted by molar-refractivity contribution is 0.697. The quantitative estimate of drug-likeness (QED) is 0.709. The van der Waals surface area contributed by atoms with Crippen LogP contribution < -0.4 is 0 Å². The monoisotopic (exact) mass is 241 g/mol. The van der Waals surface area contributed by atoms with Crippen LogP contribution in [-0.2, 0) is 0 Å². The predicted octanol–water partition coefficient (Wildman–Crippen LogP) is 2.73. The van der Waals surface area contributed by atoms with E-state index in [1.165, 1.54) is 11.8 Å². The van der Waals surface area contributed by atoms with Crippen molar-refractivity contribution in [1.29, 1.82) is 0 Å². The second-order valence-electron chi connectivity index (χ2n) is 3.81. The maximum atomic E-state index is 4.43. The molecule has 1 aromatic rings. The summed E-state index contributed by atoms with van der Waals surface area (Å²) in [6, 6.07) is 0. The van der Waals surface area contributed by atoms with E-state index >= 15 is 0 Å². The van der Waals surface area contributed by atoms with Crippen molar-refractivity contribution in [1.82, 2.24) is 15.2 Å². The highest BCUT2D eigenvalue weighted by molar-refractivity contribution is 8.04. The van der Waals surface area contributed by atoms with Gasteiger partial charge < -0.3 is 0 Å². The van der Waals surface area contributed by atoms with Crippen LogP contribution in [0.15, 0.2) is 15.3 Å². The average molecular weight is 241 g/mol. The minimum Gasteiger partial charge on any atom is -0.220 e. The molecule has 0 N–H and O–H groups in total. The van der Waals surface area contributed by atoms with E-state index < -0.39 is 0 Å². The molecule has 0 fully saturated rings. The van der Waals surface area contributed by atoms with Crippen LogP contribution in [0.3, 0.4) is 0 Å². The Morgan fingerprint density at radius 1 is 1.33 bits per heavy atom. The number of nitrogens with zero attached hydrogens (tertiary/aromatic N) is 5. The highest BCUT2D eigenvalue weighted by atomic mass is 32.2. The predicted molar refractivity (Wildman–Crippen MR) is 62.4 cm³/mol. The molecule has 15 heavy (non-hydrogen) atoms. The van der Waals surface area contributed by atoms with Gasteiger partial charge in [-0.15, -0.1) is 15.3 Å². The summed E-state index contributed by atoms with van der Waals surface area (Å²) < 4.78 is -0.336. The van der Waals surface area contributed by atoms with E-state index in [9.17, 15) is 0 Å². The highest BCUT2D eigenvalue weighted by Crippen LogP contribution is 2.45. The first kappa shape index (κ1) is 10.9.